The van der Waals surface area contributed by atoms with Crippen molar-refractivity contribution in [3.63, 3.8) is 0 Å². The van der Waals surface area contributed by atoms with Gasteiger partial charge in [0, 0.05) is 61.1 Å². The van der Waals surface area contributed by atoms with E-state index in [0.29, 0.717) is 17.7 Å². The van der Waals surface area contributed by atoms with Crippen molar-refractivity contribution in [3.05, 3.63) is 43.0 Å². The fourth-order valence-corrected chi connectivity index (χ4v) is 5.16. The zero-order valence-corrected chi connectivity index (χ0v) is 17.8. The molecule has 9 heteroatoms. The first-order chi connectivity index (χ1) is 15.8. The Morgan fingerprint density at radius 3 is 2.78 bits per heavy atom. The average Bonchev–Trinajstić information content (AvgIpc) is 3.48. The van der Waals surface area contributed by atoms with Crippen LogP contribution in [0, 0.1) is 5.82 Å². The summed E-state index contributed by atoms with van der Waals surface area (Å²) in [4.78, 5) is 18.8. The number of rotatable bonds is 4. The summed E-state index contributed by atoms with van der Waals surface area (Å²) in [6.45, 7) is 3.78. The second-order valence-electron chi connectivity index (χ2n) is 8.68. The molecule has 1 saturated heterocycles. The molecule has 1 aliphatic heterocycles. The molecule has 8 nitrogen and oxygen atoms in total. The number of H-pyrrole nitrogens is 1. The van der Waals surface area contributed by atoms with Crippen LogP contribution in [0.25, 0.3) is 27.8 Å². The highest BCUT2D eigenvalue weighted by Gasteiger charge is 2.27. The average molecular weight is 436 g/mol. The molecule has 0 unspecified atom stereocenters. The monoisotopic (exact) mass is 435 g/mol. The van der Waals surface area contributed by atoms with E-state index in [-0.39, 0.29) is 5.82 Å². The fraction of sp³-hybridized carbons (Fsp3) is 0.435. The Balaban J connectivity index is 1.26. The van der Waals surface area contributed by atoms with Gasteiger partial charge in [0.2, 0.25) is 0 Å². The minimum Gasteiger partial charge on any atom is -0.379 e. The number of morpholine rings is 1. The minimum atomic E-state index is -0.352. The van der Waals surface area contributed by atoms with E-state index in [9.17, 15) is 4.39 Å². The molecule has 166 valence electrons. The Morgan fingerprint density at radius 1 is 1.09 bits per heavy atom. The van der Waals surface area contributed by atoms with E-state index in [0.717, 1.165) is 67.1 Å². The molecule has 4 aromatic heterocycles. The molecule has 0 bridgehead atoms. The fourth-order valence-electron chi connectivity index (χ4n) is 5.16. The van der Waals surface area contributed by atoms with Crippen molar-refractivity contribution in [2.45, 2.75) is 37.8 Å². The minimum absolute atomic E-state index is 0.320. The first-order valence-electron chi connectivity index (χ1n) is 11.3. The van der Waals surface area contributed by atoms with E-state index in [4.69, 9.17) is 4.74 Å². The molecule has 1 saturated carbocycles. The van der Waals surface area contributed by atoms with Crippen molar-refractivity contribution in [3.8, 4) is 11.1 Å². The summed E-state index contributed by atoms with van der Waals surface area (Å²) < 4.78 is 21.8. The van der Waals surface area contributed by atoms with Gasteiger partial charge in [-0.1, -0.05) is 0 Å². The lowest BCUT2D eigenvalue weighted by Gasteiger charge is -2.39. The highest BCUT2D eigenvalue weighted by Crippen LogP contribution is 2.34. The Kier molecular flexibility index (Phi) is 4.99. The maximum atomic E-state index is 14.6. The van der Waals surface area contributed by atoms with Crippen molar-refractivity contribution < 1.29 is 9.13 Å². The van der Waals surface area contributed by atoms with Crippen molar-refractivity contribution in [1.82, 2.24) is 29.2 Å². The van der Waals surface area contributed by atoms with Crippen LogP contribution in [-0.2, 0) is 4.74 Å². The lowest BCUT2D eigenvalue weighted by molar-refractivity contribution is 0.00791. The third kappa shape index (κ3) is 3.51. The number of aromatic nitrogens is 5. The number of halogens is 1. The van der Waals surface area contributed by atoms with Gasteiger partial charge in [0.25, 0.3) is 0 Å². The molecule has 0 aromatic carbocycles. The van der Waals surface area contributed by atoms with Crippen LogP contribution in [0.4, 0.5) is 10.2 Å². The van der Waals surface area contributed by atoms with Crippen molar-refractivity contribution in [2.24, 2.45) is 0 Å². The first-order valence-corrected chi connectivity index (χ1v) is 11.3. The standard InChI is InChI=1S/C23H26FN7O/c24-19-11-15(13-31-6-5-25-23(19)31)18-12-26-21-20(18)22(28-14-27-21)29-16-1-3-17(4-2-16)30-7-9-32-10-8-30/h5-6,11-14,16-17H,1-4,7-10H2,(H2,26,27,28,29). The lowest BCUT2D eigenvalue weighted by Crippen LogP contribution is -2.46. The van der Waals surface area contributed by atoms with E-state index >= 15 is 0 Å². The molecule has 4 aromatic rings. The van der Waals surface area contributed by atoms with Crippen molar-refractivity contribution >= 4 is 22.5 Å². The summed E-state index contributed by atoms with van der Waals surface area (Å²) in [5.41, 5.74) is 2.69. The molecule has 5 heterocycles. The van der Waals surface area contributed by atoms with Gasteiger partial charge in [-0.15, -0.1) is 0 Å². The van der Waals surface area contributed by atoms with Crippen LogP contribution in [0.1, 0.15) is 25.7 Å². The second-order valence-corrected chi connectivity index (χ2v) is 8.68. The van der Waals surface area contributed by atoms with Crippen LogP contribution < -0.4 is 5.32 Å². The Bertz CT molecular complexity index is 1240. The summed E-state index contributed by atoms with van der Waals surface area (Å²) >= 11 is 0. The molecule has 2 N–H and O–H groups in total. The zero-order valence-electron chi connectivity index (χ0n) is 17.8. The number of nitrogens with one attached hydrogen (secondary N) is 2. The molecule has 0 spiro atoms. The number of anilines is 1. The summed E-state index contributed by atoms with van der Waals surface area (Å²) in [6.07, 6.45) is 13.2. The Hall–Kier alpha value is -3.04. The van der Waals surface area contributed by atoms with Crippen LogP contribution in [0.15, 0.2) is 37.2 Å². The van der Waals surface area contributed by atoms with Gasteiger partial charge in [-0.25, -0.2) is 19.3 Å². The molecule has 2 aliphatic rings. The molecule has 0 amide bonds. The number of aromatic amines is 1. The molecule has 0 radical (unpaired) electrons. The summed E-state index contributed by atoms with van der Waals surface area (Å²) in [6, 6.07) is 2.53. The van der Waals surface area contributed by atoms with Gasteiger partial charge >= 0.3 is 0 Å². The van der Waals surface area contributed by atoms with E-state index < -0.39 is 0 Å². The Morgan fingerprint density at radius 2 is 1.94 bits per heavy atom. The first kappa shape index (κ1) is 19.6. The van der Waals surface area contributed by atoms with Crippen LogP contribution in [0.5, 0.6) is 0 Å². The predicted octanol–water partition coefficient (Wildman–Crippen LogP) is 3.47. The van der Waals surface area contributed by atoms with Gasteiger partial charge < -0.3 is 19.4 Å². The highest BCUT2D eigenvalue weighted by molar-refractivity contribution is 6.00. The van der Waals surface area contributed by atoms with E-state index in [1.807, 2.05) is 12.4 Å². The number of ether oxygens (including phenoxy) is 1. The van der Waals surface area contributed by atoms with Crippen molar-refractivity contribution in [1.29, 1.82) is 0 Å². The molecule has 0 atom stereocenters. The maximum Gasteiger partial charge on any atom is 0.173 e. The lowest BCUT2D eigenvalue weighted by atomic mass is 9.90. The quantitative estimate of drug-likeness (QED) is 0.511. The number of pyridine rings is 1. The number of imidazole rings is 1. The third-order valence-corrected chi connectivity index (χ3v) is 6.82. The van der Waals surface area contributed by atoms with Crippen LogP contribution >= 0.6 is 0 Å². The third-order valence-electron chi connectivity index (χ3n) is 6.82. The van der Waals surface area contributed by atoms with Gasteiger partial charge in [0.05, 0.1) is 18.6 Å². The SMILES string of the molecule is Fc1cc(-c2c[nH]c3ncnc(NC4CCC(N5CCOCC5)CC4)c23)cn2ccnc12. The molecule has 32 heavy (non-hydrogen) atoms. The predicted molar refractivity (Wildman–Crippen MR) is 120 cm³/mol. The van der Waals surface area contributed by atoms with E-state index in [1.165, 1.54) is 18.9 Å². The Labute approximate surface area is 184 Å². The van der Waals surface area contributed by atoms with E-state index in [2.05, 4.69) is 30.2 Å². The second kappa shape index (κ2) is 8.14. The van der Waals surface area contributed by atoms with E-state index in [1.54, 1.807) is 23.1 Å². The maximum absolute atomic E-state index is 14.6. The number of hydrogen-bond acceptors (Lipinski definition) is 6. The normalized spacial score (nSPS) is 22.5. The molecule has 2 fully saturated rings. The number of fused-ring (bicyclic) bond motifs is 2. The molecular weight excluding hydrogens is 409 g/mol. The van der Waals surface area contributed by atoms with Gasteiger partial charge in [-0.05, 0) is 31.7 Å². The van der Waals surface area contributed by atoms with Crippen LogP contribution in [0.2, 0.25) is 0 Å². The molecule has 6 rings (SSSR count). The highest BCUT2D eigenvalue weighted by atomic mass is 19.1. The summed E-state index contributed by atoms with van der Waals surface area (Å²) in [7, 11) is 0. The van der Waals surface area contributed by atoms with Crippen molar-refractivity contribution in [2.75, 3.05) is 31.6 Å². The number of hydrogen-bond donors (Lipinski definition) is 2. The van der Waals surface area contributed by atoms with Crippen LogP contribution in [0.3, 0.4) is 0 Å². The van der Waals surface area contributed by atoms with Gasteiger partial charge in [-0.3, -0.25) is 4.90 Å². The zero-order chi connectivity index (χ0) is 21.5. The van der Waals surface area contributed by atoms with Gasteiger partial charge in [-0.2, -0.15) is 0 Å². The molecule has 1 aliphatic carbocycles. The molecular formula is C23H26FN7O. The summed E-state index contributed by atoms with van der Waals surface area (Å²) in [5.74, 6) is 0.446. The summed E-state index contributed by atoms with van der Waals surface area (Å²) in [5, 5.41) is 4.55. The number of nitrogens with zero attached hydrogens (tertiary/aromatic N) is 5. The van der Waals surface area contributed by atoms with Gasteiger partial charge in [0.15, 0.2) is 11.5 Å². The largest absolute Gasteiger partial charge is 0.379 e. The smallest absolute Gasteiger partial charge is 0.173 e. The van der Waals surface area contributed by atoms with Gasteiger partial charge in [0.1, 0.15) is 17.8 Å². The topological polar surface area (TPSA) is 83.4 Å². The van der Waals surface area contributed by atoms with Crippen LogP contribution in [-0.4, -0.2) is 67.6 Å².